The van der Waals surface area contributed by atoms with E-state index in [0.717, 1.165) is 19.3 Å². The molecule has 1 aromatic carbocycles. The fourth-order valence-corrected chi connectivity index (χ4v) is 2.85. The predicted octanol–water partition coefficient (Wildman–Crippen LogP) is 2.75. The van der Waals surface area contributed by atoms with E-state index in [1.165, 1.54) is 6.92 Å². The SMILES string of the molecule is CC(=O)Nc1ccc(Cl)cc1NC(=O)C[C@@H]1CCC[C@H]1N. The number of hydrogen-bond acceptors (Lipinski definition) is 3. The third-order valence-corrected chi connectivity index (χ3v) is 3.97. The van der Waals surface area contributed by atoms with E-state index in [2.05, 4.69) is 10.6 Å². The van der Waals surface area contributed by atoms with Crippen molar-refractivity contribution in [3.63, 3.8) is 0 Å². The highest BCUT2D eigenvalue weighted by molar-refractivity contribution is 6.31. The maximum absolute atomic E-state index is 12.1. The van der Waals surface area contributed by atoms with Crippen LogP contribution in [0.25, 0.3) is 0 Å². The molecule has 0 heterocycles. The number of anilines is 2. The second kappa shape index (κ2) is 6.91. The largest absolute Gasteiger partial charge is 0.327 e. The van der Waals surface area contributed by atoms with E-state index in [1.807, 2.05) is 0 Å². The van der Waals surface area contributed by atoms with E-state index in [1.54, 1.807) is 18.2 Å². The minimum atomic E-state index is -0.203. The number of halogens is 1. The van der Waals surface area contributed by atoms with Gasteiger partial charge in [0.05, 0.1) is 11.4 Å². The Morgan fingerprint density at radius 1 is 1.29 bits per heavy atom. The van der Waals surface area contributed by atoms with Crippen LogP contribution in [0.5, 0.6) is 0 Å². The summed E-state index contributed by atoms with van der Waals surface area (Å²) in [5.41, 5.74) is 7.03. The second-order valence-corrected chi connectivity index (χ2v) is 5.91. The highest BCUT2D eigenvalue weighted by Crippen LogP contribution is 2.29. The zero-order chi connectivity index (χ0) is 15.4. The number of nitrogens with one attached hydrogen (secondary N) is 2. The molecule has 1 saturated carbocycles. The highest BCUT2D eigenvalue weighted by Gasteiger charge is 2.26. The average molecular weight is 310 g/mol. The molecule has 0 spiro atoms. The Balaban J connectivity index is 2.05. The van der Waals surface area contributed by atoms with Gasteiger partial charge in [0.1, 0.15) is 0 Å². The molecule has 21 heavy (non-hydrogen) atoms. The number of benzene rings is 1. The minimum Gasteiger partial charge on any atom is -0.327 e. The summed E-state index contributed by atoms with van der Waals surface area (Å²) in [6, 6.07) is 5.06. The molecule has 1 aliphatic carbocycles. The molecule has 0 unspecified atom stereocenters. The molecule has 1 fully saturated rings. The standard InChI is InChI=1S/C15H20ClN3O2/c1-9(20)18-13-6-5-11(16)8-14(13)19-15(21)7-10-3-2-4-12(10)17/h5-6,8,10,12H,2-4,7,17H2,1H3,(H,18,20)(H,19,21)/t10-,12+/m0/s1. The molecule has 2 rings (SSSR count). The van der Waals surface area contributed by atoms with Gasteiger partial charge in [0.25, 0.3) is 0 Å². The highest BCUT2D eigenvalue weighted by atomic mass is 35.5. The molecule has 1 aliphatic rings. The second-order valence-electron chi connectivity index (χ2n) is 5.48. The third kappa shape index (κ3) is 4.44. The lowest BCUT2D eigenvalue weighted by molar-refractivity contribution is -0.117. The van der Waals surface area contributed by atoms with Gasteiger partial charge in [-0.05, 0) is 37.0 Å². The van der Waals surface area contributed by atoms with Crippen LogP contribution in [0.3, 0.4) is 0 Å². The molecule has 2 amide bonds. The van der Waals surface area contributed by atoms with Crippen molar-refractivity contribution < 1.29 is 9.59 Å². The van der Waals surface area contributed by atoms with E-state index in [-0.39, 0.29) is 23.8 Å². The Morgan fingerprint density at radius 2 is 2.05 bits per heavy atom. The van der Waals surface area contributed by atoms with Crippen LogP contribution >= 0.6 is 11.6 Å². The quantitative estimate of drug-likeness (QED) is 0.799. The van der Waals surface area contributed by atoms with Crippen LogP contribution in [0.1, 0.15) is 32.6 Å². The van der Waals surface area contributed by atoms with Crippen molar-refractivity contribution in [3.05, 3.63) is 23.2 Å². The van der Waals surface area contributed by atoms with Gasteiger partial charge in [0.15, 0.2) is 0 Å². The van der Waals surface area contributed by atoms with Crippen molar-refractivity contribution in [1.29, 1.82) is 0 Å². The Morgan fingerprint density at radius 3 is 2.67 bits per heavy atom. The summed E-state index contributed by atoms with van der Waals surface area (Å²) < 4.78 is 0. The Kier molecular flexibility index (Phi) is 5.20. The summed E-state index contributed by atoms with van der Waals surface area (Å²) in [6.07, 6.45) is 3.44. The summed E-state index contributed by atoms with van der Waals surface area (Å²) in [6.45, 7) is 1.41. The lowest BCUT2D eigenvalue weighted by Crippen LogP contribution is -2.28. The van der Waals surface area contributed by atoms with Gasteiger partial charge in [-0.25, -0.2) is 0 Å². The van der Waals surface area contributed by atoms with Crippen molar-refractivity contribution in [2.24, 2.45) is 11.7 Å². The third-order valence-electron chi connectivity index (χ3n) is 3.73. The van der Waals surface area contributed by atoms with Gasteiger partial charge in [-0.1, -0.05) is 18.0 Å². The number of carbonyl (C=O) groups is 2. The first-order valence-electron chi connectivity index (χ1n) is 7.08. The molecular formula is C15H20ClN3O2. The monoisotopic (exact) mass is 309 g/mol. The maximum Gasteiger partial charge on any atom is 0.224 e. The molecule has 0 saturated heterocycles. The topological polar surface area (TPSA) is 84.2 Å². The lowest BCUT2D eigenvalue weighted by Gasteiger charge is -2.16. The number of rotatable bonds is 4. The van der Waals surface area contributed by atoms with E-state index in [9.17, 15) is 9.59 Å². The van der Waals surface area contributed by atoms with E-state index < -0.39 is 0 Å². The molecule has 4 N–H and O–H groups in total. The summed E-state index contributed by atoms with van der Waals surface area (Å²) in [4.78, 5) is 23.3. The normalized spacial score (nSPS) is 21.1. The van der Waals surface area contributed by atoms with Gasteiger partial charge in [-0.15, -0.1) is 0 Å². The van der Waals surface area contributed by atoms with Crippen LogP contribution < -0.4 is 16.4 Å². The van der Waals surface area contributed by atoms with Gasteiger partial charge in [0, 0.05) is 24.4 Å². The first-order valence-corrected chi connectivity index (χ1v) is 7.46. The number of carbonyl (C=O) groups excluding carboxylic acids is 2. The molecular weight excluding hydrogens is 290 g/mol. The van der Waals surface area contributed by atoms with Gasteiger partial charge in [0.2, 0.25) is 11.8 Å². The number of amides is 2. The first-order chi connectivity index (χ1) is 9.95. The summed E-state index contributed by atoms with van der Waals surface area (Å²) in [5.74, 6) is -0.0785. The maximum atomic E-state index is 12.1. The van der Waals surface area contributed by atoms with Crippen molar-refractivity contribution in [2.45, 2.75) is 38.6 Å². The predicted molar refractivity (Wildman–Crippen MR) is 84.3 cm³/mol. The fourth-order valence-electron chi connectivity index (χ4n) is 2.68. The lowest BCUT2D eigenvalue weighted by atomic mass is 10.00. The van der Waals surface area contributed by atoms with E-state index in [4.69, 9.17) is 17.3 Å². The van der Waals surface area contributed by atoms with Crippen LogP contribution in [-0.4, -0.2) is 17.9 Å². The van der Waals surface area contributed by atoms with Gasteiger partial charge >= 0.3 is 0 Å². The van der Waals surface area contributed by atoms with Crippen LogP contribution in [0.2, 0.25) is 5.02 Å². The smallest absolute Gasteiger partial charge is 0.224 e. The molecule has 2 atom stereocenters. The molecule has 114 valence electrons. The van der Waals surface area contributed by atoms with Crippen molar-refractivity contribution in [3.8, 4) is 0 Å². The van der Waals surface area contributed by atoms with Crippen LogP contribution in [0.4, 0.5) is 11.4 Å². The van der Waals surface area contributed by atoms with Gasteiger partial charge in [-0.2, -0.15) is 0 Å². The summed E-state index contributed by atoms with van der Waals surface area (Å²) >= 11 is 5.95. The Labute approximate surface area is 129 Å². The van der Waals surface area contributed by atoms with E-state index >= 15 is 0 Å². The minimum absolute atomic E-state index is 0.102. The molecule has 1 aromatic rings. The molecule has 6 heteroatoms. The van der Waals surface area contributed by atoms with Gasteiger partial charge in [-0.3, -0.25) is 9.59 Å². The molecule has 0 aromatic heterocycles. The van der Waals surface area contributed by atoms with Crippen molar-refractivity contribution in [2.75, 3.05) is 10.6 Å². The van der Waals surface area contributed by atoms with Gasteiger partial charge < -0.3 is 16.4 Å². The Bertz CT molecular complexity index is 548. The Hall–Kier alpha value is -1.59. The zero-order valence-electron chi connectivity index (χ0n) is 12.0. The molecule has 0 aliphatic heterocycles. The van der Waals surface area contributed by atoms with Crippen LogP contribution in [0, 0.1) is 5.92 Å². The van der Waals surface area contributed by atoms with Crippen LogP contribution in [-0.2, 0) is 9.59 Å². The molecule has 0 bridgehead atoms. The molecule has 0 radical (unpaired) electrons. The summed E-state index contributed by atoms with van der Waals surface area (Å²) in [5, 5.41) is 5.98. The van der Waals surface area contributed by atoms with Crippen molar-refractivity contribution >= 4 is 34.8 Å². The number of hydrogen-bond donors (Lipinski definition) is 3. The van der Waals surface area contributed by atoms with Crippen LogP contribution in [0.15, 0.2) is 18.2 Å². The fraction of sp³-hybridized carbons (Fsp3) is 0.467. The van der Waals surface area contributed by atoms with Crippen molar-refractivity contribution in [1.82, 2.24) is 0 Å². The molecule has 5 nitrogen and oxygen atoms in total. The average Bonchev–Trinajstić information content (AvgIpc) is 2.78. The summed E-state index contributed by atoms with van der Waals surface area (Å²) in [7, 11) is 0. The van der Waals surface area contributed by atoms with E-state index in [0.29, 0.717) is 22.8 Å². The zero-order valence-corrected chi connectivity index (χ0v) is 12.7. The number of nitrogens with two attached hydrogens (primary N) is 1. The first kappa shape index (κ1) is 15.8.